The van der Waals surface area contributed by atoms with Crippen LogP contribution in [0, 0.1) is 0 Å². The molecule has 88 valence electrons. The van der Waals surface area contributed by atoms with Gasteiger partial charge in [-0.3, -0.25) is 4.79 Å². The van der Waals surface area contributed by atoms with Gasteiger partial charge in [0, 0.05) is 6.42 Å². The van der Waals surface area contributed by atoms with E-state index in [1.807, 2.05) is 38.1 Å². The molecule has 0 saturated carbocycles. The molecule has 0 aliphatic rings. The summed E-state index contributed by atoms with van der Waals surface area (Å²) in [6.07, 6.45) is 1.83. The highest BCUT2D eigenvalue weighted by Gasteiger charge is 2.01. The van der Waals surface area contributed by atoms with Gasteiger partial charge in [-0.05, 0) is 44.4 Å². The number of benzene rings is 1. The predicted octanol–water partition coefficient (Wildman–Crippen LogP) is 2.88. The van der Waals surface area contributed by atoms with Crippen LogP contribution in [0.4, 0.5) is 0 Å². The van der Waals surface area contributed by atoms with Gasteiger partial charge < -0.3 is 9.84 Å². The highest BCUT2D eigenvalue weighted by atomic mass is 16.5. The van der Waals surface area contributed by atoms with E-state index >= 15 is 0 Å². The number of carboxylic acid groups (broad SMARTS) is 1. The van der Waals surface area contributed by atoms with Gasteiger partial charge in [0.25, 0.3) is 0 Å². The molecule has 1 rings (SSSR count). The molecule has 0 bridgehead atoms. The SMILES string of the molecule is CC(C)Oc1cccc(CCCC(=O)O)c1. The molecular weight excluding hydrogens is 204 g/mol. The molecule has 3 nitrogen and oxygen atoms in total. The van der Waals surface area contributed by atoms with Gasteiger partial charge in [0.05, 0.1) is 6.10 Å². The minimum absolute atomic E-state index is 0.161. The van der Waals surface area contributed by atoms with E-state index in [1.165, 1.54) is 0 Å². The van der Waals surface area contributed by atoms with Crippen LogP contribution in [0.25, 0.3) is 0 Å². The van der Waals surface area contributed by atoms with Crippen LogP contribution in [0.1, 0.15) is 32.3 Å². The highest BCUT2D eigenvalue weighted by Crippen LogP contribution is 2.16. The van der Waals surface area contributed by atoms with Gasteiger partial charge in [0.2, 0.25) is 0 Å². The number of rotatable bonds is 6. The Morgan fingerprint density at radius 2 is 2.19 bits per heavy atom. The first-order chi connectivity index (χ1) is 7.58. The van der Waals surface area contributed by atoms with Crippen LogP contribution >= 0.6 is 0 Å². The number of aliphatic carboxylic acids is 1. The average Bonchev–Trinajstić information content (AvgIpc) is 2.16. The van der Waals surface area contributed by atoms with Crippen molar-refractivity contribution in [1.82, 2.24) is 0 Å². The molecule has 0 aliphatic heterocycles. The summed E-state index contributed by atoms with van der Waals surface area (Å²) in [6, 6.07) is 7.82. The Labute approximate surface area is 96.1 Å². The summed E-state index contributed by atoms with van der Waals surface area (Å²) in [5, 5.41) is 8.54. The zero-order chi connectivity index (χ0) is 12.0. The largest absolute Gasteiger partial charge is 0.491 e. The second-order valence-electron chi connectivity index (χ2n) is 4.06. The van der Waals surface area contributed by atoms with Crippen molar-refractivity contribution in [2.45, 2.75) is 39.2 Å². The van der Waals surface area contributed by atoms with Crippen molar-refractivity contribution in [2.24, 2.45) is 0 Å². The number of hydrogen-bond acceptors (Lipinski definition) is 2. The first-order valence-electron chi connectivity index (χ1n) is 5.55. The quantitative estimate of drug-likeness (QED) is 0.805. The lowest BCUT2D eigenvalue weighted by atomic mass is 10.1. The number of hydrogen-bond donors (Lipinski definition) is 1. The van der Waals surface area contributed by atoms with Crippen molar-refractivity contribution in [3.05, 3.63) is 29.8 Å². The van der Waals surface area contributed by atoms with Gasteiger partial charge in [0.15, 0.2) is 0 Å². The summed E-state index contributed by atoms with van der Waals surface area (Å²) in [5.41, 5.74) is 1.12. The first-order valence-corrected chi connectivity index (χ1v) is 5.55. The van der Waals surface area contributed by atoms with Crippen LogP contribution < -0.4 is 4.74 Å². The first kappa shape index (κ1) is 12.6. The Bertz CT molecular complexity index is 345. The van der Waals surface area contributed by atoms with Crippen LogP contribution in [-0.4, -0.2) is 17.2 Å². The molecule has 0 saturated heterocycles. The Morgan fingerprint density at radius 3 is 2.81 bits per heavy atom. The number of carboxylic acids is 1. The van der Waals surface area contributed by atoms with Crippen LogP contribution in [0.3, 0.4) is 0 Å². The fourth-order valence-corrected chi connectivity index (χ4v) is 1.49. The van der Waals surface area contributed by atoms with E-state index in [-0.39, 0.29) is 12.5 Å². The summed E-state index contributed by atoms with van der Waals surface area (Å²) >= 11 is 0. The summed E-state index contributed by atoms with van der Waals surface area (Å²) in [4.78, 5) is 10.4. The van der Waals surface area contributed by atoms with Gasteiger partial charge in [-0.2, -0.15) is 0 Å². The topological polar surface area (TPSA) is 46.5 Å². The third-order valence-corrected chi connectivity index (χ3v) is 2.13. The van der Waals surface area contributed by atoms with Crippen LogP contribution in [0.15, 0.2) is 24.3 Å². The normalized spacial score (nSPS) is 10.4. The molecule has 1 N–H and O–H groups in total. The predicted molar refractivity (Wildman–Crippen MR) is 62.8 cm³/mol. The maximum absolute atomic E-state index is 10.4. The molecule has 0 radical (unpaired) electrons. The lowest BCUT2D eigenvalue weighted by Gasteiger charge is -2.10. The van der Waals surface area contributed by atoms with Gasteiger partial charge in [-0.25, -0.2) is 0 Å². The van der Waals surface area contributed by atoms with Crippen LogP contribution in [-0.2, 0) is 11.2 Å². The van der Waals surface area contributed by atoms with E-state index in [9.17, 15) is 4.79 Å². The van der Waals surface area contributed by atoms with Crippen molar-refractivity contribution in [3.63, 3.8) is 0 Å². The van der Waals surface area contributed by atoms with Crippen molar-refractivity contribution in [2.75, 3.05) is 0 Å². The van der Waals surface area contributed by atoms with Crippen molar-refractivity contribution in [1.29, 1.82) is 0 Å². The molecule has 0 fully saturated rings. The van der Waals surface area contributed by atoms with E-state index in [0.717, 1.165) is 17.7 Å². The number of carbonyl (C=O) groups is 1. The molecule has 3 heteroatoms. The van der Waals surface area contributed by atoms with Crippen molar-refractivity contribution < 1.29 is 14.6 Å². The second-order valence-corrected chi connectivity index (χ2v) is 4.06. The Kier molecular flexibility index (Phi) is 4.83. The molecule has 0 spiro atoms. The Balaban J connectivity index is 2.50. The number of aryl methyl sites for hydroxylation is 1. The average molecular weight is 222 g/mol. The summed E-state index contributed by atoms with van der Waals surface area (Å²) in [5.74, 6) is 0.109. The second kappa shape index (κ2) is 6.16. The van der Waals surface area contributed by atoms with Gasteiger partial charge in [-0.1, -0.05) is 12.1 Å². The molecule has 0 unspecified atom stereocenters. The molecular formula is C13H18O3. The van der Waals surface area contributed by atoms with Crippen molar-refractivity contribution in [3.8, 4) is 5.75 Å². The monoisotopic (exact) mass is 222 g/mol. The fraction of sp³-hybridized carbons (Fsp3) is 0.462. The lowest BCUT2D eigenvalue weighted by molar-refractivity contribution is -0.137. The van der Waals surface area contributed by atoms with Crippen molar-refractivity contribution >= 4 is 5.97 Å². The van der Waals surface area contributed by atoms with E-state index in [1.54, 1.807) is 0 Å². The molecule has 0 amide bonds. The molecule has 0 aromatic heterocycles. The van der Waals surface area contributed by atoms with Gasteiger partial charge in [-0.15, -0.1) is 0 Å². The lowest BCUT2D eigenvalue weighted by Crippen LogP contribution is -2.05. The standard InChI is InChI=1S/C13H18O3/c1-10(2)16-12-7-3-5-11(9-12)6-4-8-13(14)15/h3,5,7,9-10H,4,6,8H2,1-2H3,(H,14,15). The smallest absolute Gasteiger partial charge is 0.303 e. The zero-order valence-corrected chi connectivity index (χ0v) is 9.77. The molecule has 0 atom stereocenters. The molecule has 0 aliphatic carbocycles. The Morgan fingerprint density at radius 1 is 1.44 bits per heavy atom. The minimum Gasteiger partial charge on any atom is -0.491 e. The van der Waals surface area contributed by atoms with Crippen LogP contribution in [0.2, 0.25) is 0 Å². The molecule has 16 heavy (non-hydrogen) atoms. The maximum Gasteiger partial charge on any atom is 0.303 e. The van der Waals surface area contributed by atoms with E-state index < -0.39 is 5.97 Å². The van der Waals surface area contributed by atoms with Crippen LogP contribution in [0.5, 0.6) is 5.75 Å². The summed E-state index contributed by atoms with van der Waals surface area (Å²) < 4.78 is 5.57. The number of ether oxygens (including phenoxy) is 1. The minimum atomic E-state index is -0.741. The molecule has 0 heterocycles. The third kappa shape index (κ3) is 4.82. The van der Waals surface area contributed by atoms with E-state index in [0.29, 0.717) is 6.42 Å². The Hall–Kier alpha value is -1.51. The highest BCUT2D eigenvalue weighted by molar-refractivity contribution is 5.66. The van der Waals surface area contributed by atoms with E-state index in [4.69, 9.17) is 9.84 Å². The van der Waals surface area contributed by atoms with Gasteiger partial charge in [0.1, 0.15) is 5.75 Å². The zero-order valence-electron chi connectivity index (χ0n) is 9.77. The fourth-order valence-electron chi connectivity index (χ4n) is 1.49. The van der Waals surface area contributed by atoms with Gasteiger partial charge >= 0.3 is 5.97 Å². The molecule has 1 aromatic carbocycles. The summed E-state index contributed by atoms with van der Waals surface area (Å²) in [7, 11) is 0. The summed E-state index contributed by atoms with van der Waals surface area (Å²) in [6.45, 7) is 3.97. The molecule has 1 aromatic rings. The van der Waals surface area contributed by atoms with E-state index in [2.05, 4.69) is 0 Å². The third-order valence-electron chi connectivity index (χ3n) is 2.13. The maximum atomic E-state index is 10.4.